The quantitative estimate of drug-likeness (QED) is 0.820. The topological polar surface area (TPSA) is 74.2 Å². The molecule has 0 unspecified atom stereocenters. The fourth-order valence-electron chi connectivity index (χ4n) is 2.17. The minimum atomic E-state index is -0.130. The van der Waals surface area contributed by atoms with Crippen molar-refractivity contribution >= 4 is 0 Å². The van der Waals surface area contributed by atoms with Gasteiger partial charge >= 0.3 is 0 Å². The summed E-state index contributed by atoms with van der Waals surface area (Å²) in [6, 6.07) is 0. The molecule has 1 aromatic heterocycles. The maximum Gasteiger partial charge on any atom is 0.228 e. The Morgan fingerprint density at radius 2 is 2.19 bits per heavy atom. The standard InChI is InChI=1S/C11H19N3O2/c1-2-15-8-9-13-10(16-14-9)7-11(12)5-3-4-6-11/h2-8,12H2,1H3. The number of nitrogens with two attached hydrogens (primary N) is 1. The van der Waals surface area contributed by atoms with Gasteiger partial charge in [-0.1, -0.05) is 18.0 Å². The summed E-state index contributed by atoms with van der Waals surface area (Å²) in [7, 11) is 0. The Kier molecular flexibility index (Phi) is 3.56. The first-order valence-electron chi connectivity index (χ1n) is 5.90. The molecule has 16 heavy (non-hydrogen) atoms. The fourth-order valence-corrected chi connectivity index (χ4v) is 2.17. The second-order valence-electron chi connectivity index (χ2n) is 4.49. The zero-order chi connectivity index (χ0) is 11.4. The van der Waals surface area contributed by atoms with E-state index in [4.69, 9.17) is 15.0 Å². The Morgan fingerprint density at radius 1 is 1.44 bits per heavy atom. The summed E-state index contributed by atoms with van der Waals surface area (Å²) in [6.45, 7) is 3.01. The van der Waals surface area contributed by atoms with Crippen molar-refractivity contribution in [3.8, 4) is 0 Å². The van der Waals surface area contributed by atoms with Gasteiger partial charge in [0.15, 0.2) is 5.82 Å². The van der Waals surface area contributed by atoms with Crippen LogP contribution in [0.3, 0.4) is 0 Å². The lowest BCUT2D eigenvalue weighted by atomic mass is 9.95. The van der Waals surface area contributed by atoms with Crippen LogP contribution in [0.2, 0.25) is 0 Å². The molecular formula is C11H19N3O2. The van der Waals surface area contributed by atoms with Gasteiger partial charge in [-0.2, -0.15) is 4.98 Å². The van der Waals surface area contributed by atoms with Crippen molar-refractivity contribution in [3.05, 3.63) is 11.7 Å². The van der Waals surface area contributed by atoms with E-state index in [2.05, 4.69) is 10.1 Å². The molecule has 0 atom stereocenters. The molecule has 0 aliphatic heterocycles. The van der Waals surface area contributed by atoms with Gasteiger partial charge in [0.2, 0.25) is 5.89 Å². The first-order valence-corrected chi connectivity index (χ1v) is 5.90. The van der Waals surface area contributed by atoms with E-state index in [1.807, 2.05) is 6.92 Å². The first kappa shape index (κ1) is 11.5. The highest BCUT2D eigenvalue weighted by molar-refractivity contribution is 4.98. The van der Waals surface area contributed by atoms with Gasteiger partial charge in [0.05, 0.1) is 0 Å². The third-order valence-electron chi connectivity index (χ3n) is 3.05. The zero-order valence-electron chi connectivity index (χ0n) is 9.74. The van der Waals surface area contributed by atoms with Crippen molar-refractivity contribution < 1.29 is 9.26 Å². The molecule has 5 heteroatoms. The summed E-state index contributed by atoms with van der Waals surface area (Å²) in [5.74, 6) is 1.25. The number of hydrogen-bond donors (Lipinski definition) is 1. The van der Waals surface area contributed by atoms with Crippen molar-refractivity contribution in [2.75, 3.05) is 6.61 Å². The molecule has 0 aromatic carbocycles. The van der Waals surface area contributed by atoms with E-state index in [1.54, 1.807) is 0 Å². The van der Waals surface area contributed by atoms with Crippen molar-refractivity contribution in [2.45, 2.75) is 51.2 Å². The van der Waals surface area contributed by atoms with Gasteiger partial charge in [0, 0.05) is 18.6 Å². The maximum atomic E-state index is 6.24. The highest BCUT2D eigenvalue weighted by atomic mass is 16.5. The van der Waals surface area contributed by atoms with Crippen LogP contribution in [0.1, 0.15) is 44.3 Å². The number of rotatable bonds is 5. The number of aromatic nitrogens is 2. The van der Waals surface area contributed by atoms with Crippen molar-refractivity contribution in [1.29, 1.82) is 0 Å². The van der Waals surface area contributed by atoms with E-state index >= 15 is 0 Å². The molecule has 90 valence electrons. The smallest absolute Gasteiger partial charge is 0.228 e. The summed E-state index contributed by atoms with van der Waals surface area (Å²) in [6.07, 6.45) is 5.20. The molecule has 2 rings (SSSR count). The largest absolute Gasteiger partial charge is 0.374 e. The third-order valence-corrected chi connectivity index (χ3v) is 3.05. The average Bonchev–Trinajstić information content (AvgIpc) is 2.85. The molecule has 2 N–H and O–H groups in total. The molecule has 1 fully saturated rings. The van der Waals surface area contributed by atoms with Gasteiger partial charge in [-0.3, -0.25) is 0 Å². The summed E-state index contributed by atoms with van der Waals surface area (Å²) >= 11 is 0. The van der Waals surface area contributed by atoms with Crippen molar-refractivity contribution in [1.82, 2.24) is 10.1 Å². The van der Waals surface area contributed by atoms with Gasteiger partial charge in [-0.25, -0.2) is 0 Å². The summed E-state index contributed by atoms with van der Waals surface area (Å²) in [5.41, 5.74) is 6.11. The SMILES string of the molecule is CCOCc1noc(CC2(N)CCCC2)n1. The van der Waals surface area contributed by atoms with E-state index in [1.165, 1.54) is 12.8 Å². The van der Waals surface area contributed by atoms with Crippen LogP contribution in [0.25, 0.3) is 0 Å². The highest BCUT2D eigenvalue weighted by Gasteiger charge is 2.31. The predicted molar refractivity (Wildman–Crippen MR) is 58.7 cm³/mol. The molecule has 0 spiro atoms. The predicted octanol–water partition coefficient (Wildman–Crippen LogP) is 1.42. The summed E-state index contributed by atoms with van der Waals surface area (Å²) in [5, 5.41) is 3.86. The lowest BCUT2D eigenvalue weighted by Crippen LogP contribution is -2.38. The Morgan fingerprint density at radius 3 is 2.88 bits per heavy atom. The first-order chi connectivity index (χ1) is 7.72. The van der Waals surface area contributed by atoms with Crippen molar-refractivity contribution in [3.63, 3.8) is 0 Å². The second-order valence-corrected chi connectivity index (χ2v) is 4.49. The Balaban J connectivity index is 1.91. The van der Waals surface area contributed by atoms with Gasteiger partial charge in [-0.15, -0.1) is 0 Å². The zero-order valence-corrected chi connectivity index (χ0v) is 9.74. The van der Waals surface area contributed by atoms with E-state index in [0.29, 0.717) is 31.3 Å². The Hall–Kier alpha value is -0.940. The molecule has 1 aromatic rings. The van der Waals surface area contributed by atoms with Crippen LogP contribution >= 0.6 is 0 Å². The normalized spacial score (nSPS) is 19.1. The summed E-state index contributed by atoms with van der Waals surface area (Å²) < 4.78 is 10.4. The average molecular weight is 225 g/mol. The van der Waals surface area contributed by atoms with Crippen LogP contribution in [0.5, 0.6) is 0 Å². The molecule has 1 heterocycles. The molecule has 0 radical (unpaired) electrons. The molecule has 1 saturated carbocycles. The lowest BCUT2D eigenvalue weighted by Gasteiger charge is -2.20. The van der Waals surface area contributed by atoms with E-state index in [-0.39, 0.29) is 5.54 Å². The highest BCUT2D eigenvalue weighted by Crippen LogP contribution is 2.29. The Bertz CT molecular complexity index is 332. The molecule has 0 amide bonds. The number of hydrogen-bond acceptors (Lipinski definition) is 5. The molecule has 5 nitrogen and oxygen atoms in total. The van der Waals surface area contributed by atoms with Crippen LogP contribution in [0.15, 0.2) is 4.52 Å². The van der Waals surface area contributed by atoms with Crippen LogP contribution in [0, 0.1) is 0 Å². The summed E-state index contributed by atoms with van der Waals surface area (Å²) in [4.78, 5) is 4.27. The minimum absolute atomic E-state index is 0.130. The molecule has 0 bridgehead atoms. The van der Waals surface area contributed by atoms with Crippen LogP contribution in [0.4, 0.5) is 0 Å². The van der Waals surface area contributed by atoms with Gasteiger partial charge in [0.25, 0.3) is 0 Å². The molecule has 0 saturated heterocycles. The number of ether oxygens (including phenoxy) is 1. The minimum Gasteiger partial charge on any atom is -0.374 e. The molecule has 1 aliphatic carbocycles. The fraction of sp³-hybridized carbons (Fsp3) is 0.818. The molecule has 1 aliphatic rings. The van der Waals surface area contributed by atoms with Crippen LogP contribution in [-0.2, 0) is 17.8 Å². The van der Waals surface area contributed by atoms with E-state index in [9.17, 15) is 0 Å². The van der Waals surface area contributed by atoms with Gasteiger partial charge in [-0.05, 0) is 19.8 Å². The third kappa shape index (κ3) is 2.80. The van der Waals surface area contributed by atoms with Crippen LogP contribution in [-0.4, -0.2) is 22.3 Å². The van der Waals surface area contributed by atoms with Crippen molar-refractivity contribution in [2.24, 2.45) is 5.73 Å². The lowest BCUT2D eigenvalue weighted by molar-refractivity contribution is 0.126. The Labute approximate surface area is 95.3 Å². The monoisotopic (exact) mass is 225 g/mol. The number of nitrogens with zero attached hydrogens (tertiary/aromatic N) is 2. The van der Waals surface area contributed by atoms with E-state index in [0.717, 1.165) is 12.8 Å². The van der Waals surface area contributed by atoms with Crippen LogP contribution < -0.4 is 5.73 Å². The maximum absolute atomic E-state index is 6.24. The van der Waals surface area contributed by atoms with Gasteiger partial charge in [0.1, 0.15) is 6.61 Å². The second kappa shape index (κ2) is 4.93. The van der Waals surface area contributed by atoms with Gasteiger partial charge < -0.3 is 15.0 Å². The van der Waals surface area contributed by atoms with E-state index < -0.39 is 0 Å². The molecular weight excluding hydrogens is 206 g/mol.